The zero-order chi connectivity index (χ0) is 18.7. The monoisotopic (exact) mass is 440 g/mol. The molecule has 0 radical (unpaired) electrons. The van der Waals surface area contributed by atoms with E-state index in [4.69, 9.17) is 0 Å². The first-order chi connectivity index (χ1) is 12.4. The van der Waals surface area contributed by atoms with Crippen molar-refractivity contribution in [3.63, 3.8) is 0 Å². The Labute approximate surface area is 160 Å². The van der Waals surface area contributed by atoms with Gasteiger partial charge in [-0.15, -0.1) is 0 Å². The Balaban J connectivity index is 1.71. The van der Waals surface area contributed by atoms with Gasteiger partial charge in [-0.1, -0.05) is 15.9 Å². The second-order valence-electron chi connectivity index (χ2n) is 6.15. The second kappa shape index (κ2) is 7.85. The fourth-order valence-corrected chi connectivity index (χ4v) is 4.70. The molecule has 1 atom stereocenters. The average Bonchev–Trinajstić information content (AvgIpc) is 2.64. The molecule has 0 saturated carbocycles. The number of benzene rings is 2. The SMILES string of the molecule is O=C(Nc1ccc(Br)cc1)[C@@H]1CCCN(S(=O)(=O)c2ccc(F)cc2)C1. The highest BCUT2D eigenvalue weighted by molar-refractivity contribution is 9.10. The number of nitrogens with one attached hydrogen (secondary N) is 1. The van der Waals surface area contributed by atoms with Crippen LogP contribution in [-0.4, -0.2) is 31.7 Å². The highest BCUT2D eigenvalue weighted by Crippen LogP contribution is 2.25. The molecule has 1 N–H and O–H groups in total. The van der Waals surface area contributed by atoms with Crippen LogP contribution in [0.3, 0.4) is 0 Å². The molecule has 1 fully saturated rings. The Hall–Kier alpha value is -1.77. The minimum absolute atomic E-state index is 0.0351. The standard InChI is InChI=1S/C18H18BrFN2O3S/c19-14-3-7-16(8-4-14)21-18(23)13-2-1-11-22(12-13)26(24,25)17-9-5-15(20)6-10-17/h3-10,13H,1-2,11-12H2,(H,21,23)/t13-/m1/s1. The first-order valence-electron chi connectivity index (χ1n) is 8.18. The van der Waals surface area contributed by atoms with Crippen molar-refractivity contribution in [2.24, 2.45) is 5.92 Å². The van der Waals surface area contributed by atoms with Crippen molar-refractivity contribution in [3.8, 4) is 0 Å². The third-order valence-corrected chi connectivity index (χ3v) is 6.73. The van der Waals surface area contributed by atoms with Crippen molar-refractivity contribution >= 4 is 37.5 Å². The molecule has 1 aliphatic rings. The summed E-state index contributed by atoms with van der Waals surface area (Å²) in [5.74, 6) is -1.12. The number of piperidine rings is 1. The van der Waals surface area contributed by atoms with E-state index in [2.05, 4.69) is 21.2 Å². The molecule has 0 unspecified atom stereocenters. The highest BCUT2D eigenvalue weighted by Gasteiger charge is 2.33. The third-order valence-electron chi connectivity index (χ3n) is 4.32. The van der Waals surface area contributed by atoms with Crippen molar-refractivity contribution in [1.29, 1.82) is 0 Å². The van der Waals surface area contributed by atoms with Crippen molar-refractivity contribution in [1.82, 2.24) is 4.31 Å². The van der Waals surface area contributed by atoms with E-state index in [0.717, 1.165) is 16.6 Å². The average molecular weight is 441 g/mol. The van der Waals surface area contributed by atoms with Crippen molar-refractivity contribution in [2.75, 3.05) is 18.4 Å². The van der Waals surface area contributed by atoms with E-state index in [-0.39, 0.29) is 17.3 Å². The van der Waals surface area contributed by atoms with Crippen LogP contribution in [0.4, 0.5) is 10.1 Å². The molecule has 5 nitrogen and oxygen atoms in total. The highest BCUT2D eigenvalue weighted by atomic mass is 79.9. The zero-order valence-corrected chi connectivity index (χ0v) is 16.3. The Bertz CT molecular complexity index is 886. The molecule has 0 aromatic heterocycles. The van der Waals surface area contributed by atoms with Crippen LogP contribution in [0.5, 0.6) is 0 Å². The lowest BCUT2D eigenvalue weighted by molar-refractivity contribution is -0.120. The molecule has 0 bridgehead atoms. The first kappa shape index (κ1) is 19.0. The summed E-state index contributed by atoms with van der Waals surface area (Å²) in [7, 11) is -3.74. The van der Waals surface area contributed by atoms with E-state index in [0.29, 0.717) is 25.1 Å². The second-order valence-corrected chi connectivity index (χ2v) is 9.01. The van der Waals surface area contributed by atoms with E-state index in [9.17, 15) is 17.6 Å². The lowest BCUT2D eigenvalue weighted by atomic mass is 9.99. The van der Waals surface area contributed by atoms with E-state index < -0.39 is 21.8 Å². The van der Waals surface area contributed by atoms with Gasteiger partial charge < -0.3 is 5.32 Å². The molecule has 1 aliphatic heterocycles. The Morgan fingerprint density at radius 3 is 2.42 bits per heavy atom. The van der Waals surface area contributed by atoms with Gasteiger partial charge in [0.1, 0.15) is 5.82 Å². The van der Waals surface area contributed by atoms with Gasteiger partial charge in [-0.3, -0.25) is 4.79 Å². The van der Waals surface area contributed by atoms with Crippen molar-refractivity contribution in [2.45, 2.75) is 17.7 Å². The van der Waals surface area contributed by atoms with Gasteiger partial charge in [0.15, 0.2) is 0 Å². The van der Waals surface area contributed by atoms with Crippen LogP contribution in [0.15, 0.2) is 57.9 Å². The predicted molar refractivity (Wildman–Crippen MR) is 101 cm³/mol. The van der Waals surface area contributed by atoms with E-state index in [1.807, 2.05) is 12.1 Å². The molecular weight excluding hydrogens is 423 g/mol. The van der Waals surface area contributed by atoms with Crippen molar-refractivity contribution < 1.29 is 17.6 Å². The Morgan fingerprint density at radius 2 is 1.77 bits per heavy atom. The molecule has 138 valence electrons. The zero-order valence-electron chi connectivity index (χ0n) is 13.9. The quantitative estimate of drug-likeness (QED) is 0.788. The largest absolute Gasteiger partial charge is 0.326 e. The molecule has 26 heavy (non-hydrogen) atoms. The summed E-state index contributed by atoms with van der Waals surface area (Å²) in [6.45, 7) is 0.462. The lowest BCUT2D eigenvalue weighted by Gasteiger charge is -2.31. The van der Waals surface area contributed by atoms with Crippen LogP contribution in [0, 0.1) is 11.7 Å². The van der Waals surface area contributed by atoms with Crippen LogP contribution in [0.2, 0.25) is 0 Å². The number of sulfonamides is 1. The van der Waals surface area contributed by atoms with Gasteiger partial charge in [0.05, 0.1) is 10.8 Å². The fourth-order valence-electron chi connectivity index (χ4n) is 2.91. The summed E-state index contributed by atoms with van der Waals surface area (Å²) < 4.78 is 40.7. The van der Waals surface area contributed by atoms with Gasteiger partial charge in [0.25, 0.3) is 0 Å². The Morgan fingerprint density at radius 1 is 1.12 bits per heavy atom. The summed E-state index contributed by atoms with van der Waals surface area (Å²) in [5, 5.41) is 2.83. The molecule has 1 saturated heterocycles. The summed E-state index contributed by atoms with van der Waals surface area (Å²) in [5.41, 5.74) is 0.664. The third kappa shape index (κ3) is 4.31. The number of hydrogen-bond acceptors (Lipinski definition) is 3. The van der Waals surface area contributed by atoms with Crippen molar-refractivity contribution in [3.05, 3.63) is 58.8 Å². The molecule has 3 rings (SSSR count). The molecule has 2 aromatic rings. The number of amides is 1. The van der Waals surface area contributed by atoms with Crippen LogP contribution >= 0.6 is 15.9 Å². The van der Waals surface area contributed by atoms with Gasteiger partial charge in [0, 0.05) is 23.2 Å². The predicted octanol–water partition coefficient (Wildman–Crippen LogP) is 3.63. The molecule has 8 heteroatoms. The number of hydrogen-bond donors (Lipinski definition) is 1. The summed E-state index contributed by atoms with van der Waals surface area (Å²) in [4.78, 5) is 12.5. The molecule has 2 aromatic carbocycles. The molecule has 1 heterocycles. The molecular formula is C18H18BrFN2O3S. The van der Waals surface area contributed by atoms with Crippen LogP contribution in [0.25, 0.3) is 0 Å². The topological polar surface area (TPSA) is 66.5 Å². The molecule has 1 amide bonds. The smallest absolute Gasteiger partial charge is 0.243 e. The summed E-state index contributed by atoms with van der Waals surface area (Å²) >= 11 is 3.34. The number of rotatable bonds is 4. The minimum atomic E-state index is -3.74. The van der Waals surface area contributed by atoms with E-state index >= 15 is 0 Å². The fraction of sp³-hybridized carbons (Fsp3) is 0.278. The number of nitrogens with zero attached hydrogens (tertiary/aromatic N) is 1. The maximum atomic E-state index is 13.1. The molecule has 0 spiro atoms. The van der Waals surface area contributed by atoms with E-state index in [1.54, 1.807) is 12.1 Å². The maximum absolute atomic E-state index is 13.1. The van der Waals surface area contributed by atoms with Gasteiger partial charge in [-0.25, -0.2) is 12.8 Å². The van der Waals surface area contributed by atoms with Crippen LogP contribution in [0.1, 0.15) is 12.8 Å². The Kier molecular flexibility index (Phi) is 5.74. The maximum Gasteiger partial charge on any atom is 0.243 e. The van der Waals surface area contributed by atoms with Gasteiger partial charge >= 0.3 is 0 Å². The van der Waals surface area contributed by atoms with Crippen LogP contribution in [-0.2, 0) is 14.8 Å². The number of carbonyl (C=O) groups is 1. The number of carbonyl (C=O) groups excluding carboxylic acids is 1. The molecule has 0 aliphatic carbocycles. The number of halogens is 2. The van der Waals surface area contributed by atoms with Crippen LogP contribution < -0.4 is 5.32 Å². The first-order valence-corrected chi connectivity index (χ1v) is 10.4. The number of anilines is 1. The van der Waals surface area contributed by atoms with Gasteiger partial charge in [-0.05, 0) is 61.4 Å². The van der Waals surface area contributed by atoms with E-state index in [1.165, 1.54) is 16.4 Å². The summed E-state index contributed by atoms with van der Waals surface area (Å²) in [6.07, 6.45) is 1.22. The van der Waals surface area contributed by atoms with Gasteiger partial charge in [0.2, 0.25) is 15.9 Å². The normalized spacial score (nSPS) is 18.5. The summed E-state index contributed by atoms with van der Waals surface area (Å²) in [6, 6.07) is 11.9. The lowest BCUT2D eigenvalue weighted by Crippen LogP contribution is -2.43. The van der Waals surface area contributed by atoms with Gasteiger partial charge in [-0.2, -0.15) is 4.31 Å². The minimum Gasteiger partial charge on any atom is -0.326 e.